The van der Waals surface area contributed by atoms with Crippen LogP contribution in [0.5, 0.6) is 0 Å². The molecule has 0 atom stereocenters. The van der Waals surface area contributed by atoms with E-state index < -0.39 is 0 Å². The topological polar surface area (TPSA) is 29.3 Å². The summed E-state index contributed by atoms with van der Waals surface area (Å²) in [4.78, 5) is 2.63. The number of hydrogen-bond acceptors (Lipinski definition) is 2. The van der Waals surface area contributed by atoms with E-state index >= 15 is 0 Å². The highest BCUT2D eigenvalue weighted by molar-refractivity contribution is 4.89. The summed E-state index contributed by atoms with van der Waals surface area (Å²) >= 11 is 0. The first-order chi connectivity index (χ1) is 8.19. The van der Waals surface area contributed by atoms with Gasteiger partial charge in [-0.3, -0.25) is 0 Å². The molecule has 0 aromatic heterocycles. The Morgan fingerprint density at radius 1 is 1.18 bits per heavy atom. The van der Waals surface area contributed by atoms with E-state index in [2.05, 4.69) is 25.7 Å². The van der Waals surface area contributed by atoms with E-state index in [0.29, 0.717) is 5.41 Å². The smallest absolute Gasteiger partial charge is 0.000934 e. The number of nitrogens with zero attached hydrogens (tertiary/aromatic N) is 1. The first-order valence-corrected chi connectivity index (χ1v) is 7.62. The second-order valence-corrected chi connectivity index (χ2v) is 5.88. The molecule has 0 spiro atoms. The molecule has 1 rings (SSSR count). The van der Waals surface area contributed by atoms with Crippen LogP contribution in [-0.2, 0) is 0 Å². The Morgan fingerprint density at radius 2 is 1.82 bits per heavy atom. The average Bonchev–Trinajstić information content (AvgIpc) is 2.32. The zero-order valence-electron chi connectivity index (χ0n) is 12.2. The van der Waals surface area contributed by atoms with E-state index in [1.807, 2.05) is 0 Å². The van der Waals surface area contributed by atoms with Gasteiger partial charge >= 0.3 is 0 Å². The maximum Gasteiger partial charge on any atom is 0.000934 e. The standard InChI is InChI=1S/C15H32N2/c1-4-14(5-2)12-17(6-3)11-10-15(13-16)8-7-9-15/h14H,4-13,16H2,1-3H3. The van der Waals surface area contributed by atoms with Crippen LogP contribution in [0.1, 0.15) is 59.3 Å². The van der Waals surface area contributed by atoms with Crippen molar-refractivity contribution in [2.24, 2.45) is 17.1 Å². The fourth-order valence-electron chi connectivity index (χ4n) is 2.92. The summed E-state index contributed by atoms with van der Waals surface area (Å²) in [6.45, 7) is 11.5. The molecule has 102 valence electrons. The summed E-state index contributed by atoms with van der Waals surface area (Å²) in [5, 5.41) is 0. The number of hydrogen-bond donors (Lipinski definition) is 1. The van der Waals surface area contributed by atoms with Crippen LogP contribution in [0.25, 0.3) is 0 Å². The Labute approximate surface area is 108 Å². The van der Waals surface area contributed by atoms with Crippen molar-refractivity contribution >= 4 is 0 Å². The minimum Gasteiger partial charge on any atom is -0.330 e. The Bertz CT molecular complexity index is 190. The van der Waals surface area contributed by atoms with E-state index in [1.54, 1.807) is 0 Å². The van der Waals surface area contributed by atoms with Crippen LogP contribution in [0.3, 0.4) is 0 Å². The monoisotopic (exact) mass is 240 g/mol. The summed E-state index contributed by atoms with van der Waals surface area (Å²) in [5.74, 6) is 0.880. The quantitative estimate of drug-likeness (QED) is 0.670. The van der Waals surface area contributed by atoms with Gasteiger partial charge in [0.05, 0.1) is 0 Å². The van der Waals surface area contributed by atoms with E-state index in [9.17, 15) is 0 Å². The van der Waals surface area contributed by atoms with Crippen LogP contribution in [-0.4, -0.2) is 31.1 Å². The third-order valence-electron chi connectivity index (χ3n) is 4.92. The Morgan fingerprint density at radius 3 is 2.18 bits per heavy atom. The highest BCUT2D eigenvalue weighted by atomic mass is 15.1. The molecule has 2 nitrogen and oxygen atoms in total. The van der Waals surface area contributed by atoms with Crippen molar-refractivity contribution in [1.29, 1.82) is 0 Å². The Balaban J connectivity index is 2.31. The summed E-state index contributed by atoms with van der Waals surface area (Å²) in [6, 6.07) is 0. The van der Waals surface area contributed by atoms with Crippen LogP contribution in [0.4, 0.5) is 0 Å². The van der Waals surface area contributed by atoms with Crippen LogP contribution in [0.2, 0.25) is 0 Å². The van der Waals surface area contributed by atoms with Gasteiger partial charge in [-0.05, 0) is 50.2 Å². The number of rotatable bonds is 9. The second kappa shape index (κ2) is 7.38. The summed E-state index contributed by atoms with van der Waals surface area (Å²) in [5.41, 5.74) is 6.45. The lowest BCUT2D eigenvalue weighted by atomic mass is 9.66. The highest BCUT2D eigenvalue weighted by Crippen LogP contribution is 2.42. The van der Waals surface area contributed by atoms with Gasteiger partial charge in [-0.15, -0.1) is 0 Å². The predicted octanol–water partition coefficient (Wildman–Crippen LogP) is 3.26. The molecule has 2 heteroatoms. The molecular weight excluding hydrogens is 208 g/mol. The molecule has 0 bridgehead atoms. The largest absolute Gasteiger partial charge is 0.330 e. The molecular formula is C15H32N2. The fraction of sp³-hybridized carbons (Fsp3) is 1.00. The van der Waals surface area contributed by atoms with E-state index in [1.165, 1.54) is 58.2 Å². The van der Waals surface area contributed by atoms with Crippen molar-refractivity contribution in [3.05, 3.63) is 0 Å². The van der Waals surface area contributed by atoms with E-state index in [-0.39, 0.29) is 0 Å². The van der Waals surface area contributed by atoms with Gasteiger partial charge in [0, 0.05) is 6.54 Å². The second-order valence-electron chi connectivity index (χ2n) is 5.88. The molecule has 17 heavy (non-hydrogen) atoms. The van der Waals surface area contributed by atoms with Gasteiger partial charge < -0.3 is 10.6 Å². The molecule has 0 aliphatic heterocycles. The van der Waals surface area contributed by atoms with Gasteiger partial charge in [-0.25, -0.2) is 0 Å². The average molecular weight is 240 g/mol. The Kier molecular flexibility index (Phi) is 6.50. The zero-order chi connectivity index (χ0) is 12.7. The van der Waals surface area contributed by atoms with Gasteiger partial charge in [0.15, 0.2) is 0 Å². The van der Waals surface area contributed by atoms with Crippen LogP contribution in [0, 0.1) is 11.3 Å². The van der Waals surface area contributed by atoms with Gasteiger partial charge in [-0.2, -0.15) is 0 Å². The lowest BCUT2D eigenvalue weighted by molar-refractivity contribution is 0.102. The normalized spacial score (nSPS) is 18.7. The highest BCUT2D eigenvalue weighted by Gasteiger charge is 2.35. The molecule has 0 saturated heterocycles. The maximum atomic E-state index is 5.93. The zero-order valence-corrected chi connectivity index (χ0v) is 12.2. The Hall–Kier alpha value is -0.0800. The van der Waals surface area contributed by atoms with Crippen molar-refractivity contribution in [3.8, 4) is 0 Å². The van der Waals surface area contributed by atoms with Crippen LogP contribution < -0.4 is 5.73 Å². The van der Waals surface area contributed by atoms with Gasteiger partial charge in [0.1, 0.15) is 0 Å². The van der Waals surface area contributed by atoms with Crippen molar-refractivity contribution in [2.75, 3.05) is 26.2 Å². The molecule has 0 aromatic rings. The molecule has 0 aromatic carbocycles. The van der Waals surface area contributed by atoms with E-state index in [0.717, 1.165) is 12.5 Å². The molecule has 0 amide bonds. The van der Waals surface area contributed by atoms with Crippen LogP contribution >= 0.6 is 0 Å². The summed E-state index contributed by atoms with van der Waals surface area (Å²) in [6.07, 6.45) is 8.08. The van der Waals surface area contributed by atoms with Crippen molar-refractivity contribution < 1.29 is 0 Å². The molecule has 0 radical (unpaired) electrons. The van der Waals surface area contributed by atoms with E-state index in [4.69, 9.17) is 5.73 Å². The van der Waals surface area contributed by atoms with Gasteiger partial charge in [0.2, 0.25) is 0 Å². The van der Waals surface area contributed by atoms with Crippen molar-refractivity contribution in [3.63, 3.8) is 0 Å². The predicted molar refractivity (Wildman–Crippen MR) is 76.1 cm³/mol. The SMILES string of the molecule is CCC(CC)CN(CC)CCC1(CN)CCC1. The van der Waals surface area contributed by atoms with Crippen molar-refractivity contribution in [2.45, 2.75) is 59.3 Å². The molecule has 1 saturated carbocycles. The number of nitrogens with two attached hydrogens (primary N) is 1. The fourth-order valence-corrected chi connectivity index (χ4v) is 2.92. The minimum atomic E-state index is 0.515. The maximum absolute atomic E-state index is 5.93. The molecule has 1 aliphatic rings. The third-order valence-corrected chi connectivity index (χ3v) is 4.92. The van der Waals surface area contributed by atoms with Gasteiger partial charge in [0.25, 0.3) is 0 Å². The lowest BCUT2D eigenvalue weighted by Gasteiger charge is -2.42. The van der Waals surface area contributed by atoms with Gasteiger partial charge in [-0.1, -0.05) is 40.0 Å². The molecule has 1 fully saturated rings. The van der Waals surface area contributed by atoms with Crippen molar-refractivity contribution in [1.82, 2.24) is 4.90 Å². The minimum absolute atomic E-state index is 0.515. The molecule has 0 heterocycles. The summed E-state index contributed by atoms with van der Waals surface area (Å²) < 4.78 is 0. The lowest BCUT2D eigenvalue weighted by Crippen LogP contribution is -2.41. The van der Waals surface area contributed by atoms with Crippen LogP contribution in [0.15, 0.2) is 0 Å². The first-order valence-electron chi connectivity index (χ1n) is 7.62. The molecule has 0 unspecified atom stereocenters. The molecule has 1 aliphatic carbocycles. The summed E-state index contributed by atoms with van der Waals surface area (Å²) in [7, 11) is 0. The first kappa shape index (κ1) is 15.0. The third kappa shape index (κ3) is 4.26. The molecule has 2 N–H and O–H groups in total.